The van der Waals surface area contributed by atoms with Gasteiger partial charge in [0.2, 0.25) is 0 Å². The molecule has 0 bridgehead atoms. The van der Waals surface area contributed by atoms with E-state index in [9.17, 15) is 4.79 Å². The summed E-state index contributed by atoms with van der Waals surface area (Å²) >= 11 is 9.24. The van der Waals surface area contributed by atoms with Crippen LogP contribution in [0.3, 0.4) is 0 Å². The highest BCUT2D eigenvalue weighted by Gasteiger charge is 2.11. The Morgan fingerprint density at radius 2 is 2.14 bits per heavy atom. The summed E-state index contributed by atoms with van der Waals surface area (Å²) in [5.41, 5.74) is 0.508. The van der Waals surface area contributed by atoms with Gasteiger partial charge in [0, 0.05) is 16.1 Å². The summed E-state index contributed by atoms with van der Waals surface area (Å²) in [4.78, 5) is 10.8. The predicted octanol–water partition coefficient (Wildman–Crippen LogP) is 3.58. The van der Waals surface area contributed by atoms with E-state index in [2.05, 4.69) is 15.9 Å². The van der Waals surface area contributed by atoms with Crippen LogP contribution in [0.2, 0.25) is 5.02 Å². The third-order valence-corrected chi connectivity index (χ3v) is 2.95. The van der Waals surface area contributed by atoms with Crippen molar-refractivity contribution in [1.29, 1.82) is 0 Å². The zero-order valence-corrected chi connectivity index (χ0v) is 9.21. The highest BCUT2D eigenvalue weighted by atomic mass is 79.9. The molecular formula is C9H5BrClNO2. The number of rotatable bonds is 0. The minimum atomic E-state index is -1.04. The van der Waals surface area contributed by atoms with Crippen LogP contribution in [0.4, 0.5) is 4.79 Å². The van der Waals surface area contributed by atoms with Crippen LogP contribution in [0.1, 0.15) is 0 Å². The number of halogens is 2. The maximum absolute atomic E-state index is 10.8. The van der Waals surface area contributed by atoms with E-state index >= 15 is 0 Å². The lowest BCUT2D eigenvalue weighted by molar-refractivity contribution is 0.197. The summed E-state index contributed by atoms with van der Waals surface area (Å²) < 4.78 is 1.93. The first kappa shape index (κ1) is 9.55. The van der Waals surface area contributed by atoms with Crippen molar-refractivity contribution in [3.63, 3.8) is 0 Å². The Kier molecular flexibility index (Phi) is 2.25. The van der Waals surface area contributed by atoms with E-state index in [0.29, 0.717) is 10.5 Å². The van der Waals surface area contributed by atoms with E-state index in [1.807, 2.05) is 0 Å². The second-order valence-corrected chi connectivity index (χ2v) is 4.02. The van der Waals surface area contributed by atoms with E-state index in [-0.39, 0.29) is 0 Å². The molecule has 5 heteroatoms. The molecule has 1 N–H and O–H groups in total. The molecule has 3 nitrogen and oxygen atoms in total. The zero-order valence-electron chi connectivity index (χ0n) is 6.87. The first-order valence-corrected chi connectivity index (χ1v) is 4.96. The van der Waals surface area contributed by atoms with Crippen molar-refractivity contribution >= 4 is 44.5 Å². The van der Waals surface area contributed by atoms with Gasteiger partial charge in [-0.3, -0.25) is 4.57 Å². The van der Waals surface area contributed by atoms with Crippen LogP contribution >= 0.6 is 27.5 Å². The van der Waals surface area contributed by atoms with E-state index in [1.165, 1.54) is 6.20 Å². The minimum absolute atomic E-state index is 0.426. The van der Waals surface area contributed by atoms with Crippen molar-refractivity contribution in [3.8, 4) is 0 Å². The van der Waals surface area contributed by atoms with Gasteiger partial charge >= 0.3 is 6.09 Å². The SMILES string of the molecule is O=C(O)n1ccc2c(Br)ccc(Cl)c21. The van der Waals surface area contributed by atoms with Crippen LogP contribution in [0.25, 0.3) is 10.9 Å². The van der Waals surface area contributed by atoms with Crippen molar-refractivity contribution in [2.24, 2.45) is 0 Å². The largest absolute Gasteiger partial charge is 0.464 e. The number of carboxylic acid groups (broad SMARTS) is 1. The third-order valence-electron chi connectivity index (χ3n) is 1.95. The molecule has 0 fully saturated rings. The normalized spacial score (nSPS) is 10.7. The lowest BCUT2D eigenvalue weighted by Crippen LogP contribution is -2.05. The molecule has 0 spiro atoms. The molecule has 1 aromatic carbocycles. The zero-order chi connectivity index (χ0) is 10.3. The summed E-state index contributed by atoms with van der Waals surface area (Å²) in [6, 6.07) is 5.16. The molecule has 0 amide bonds. The number of nitrogens with zero attached hydrogens (tertiary/aromatic N) is 1. The van der Waals surface area contributed by atoms with Crippen LogP contribution in [0.5, 0.6) is 0 Å². The van der Waals surface area contributed by atoms with Gasteiger partial charge in [0.1, 0.15) is 0 Å². The van der Waals surface area contributed by atoms with Gasteiger partial charge in [0.15, 0.2) is 0 Å². The summed E-state index contributed by atoms with van der Waals surface area (Å²) in [6.45, 7) is 0. The summed E-state index contributed by atoms with van der Waals surface area (Å²) in [5.74, 6) is 0. The first-order chi connectivity index (χ1) is 6.61. The Bertz CT molecular complexity index is 521. The third kappa shape index (κ3) is 1.31. The number of carbonyl (C=O) groups is 1. The standard InChI is InChI=1S/C9H5BrClNO2/c10-6-1-2-7(11)8-5(6)3-4-12(8)9(13)14/h1-4H,(H,13,14). The fourth-order valence-electron chi connectivity index (χ4n) is 1.34. The molecule has 14 heavy (non-hydrogen) atoms. The second kappa shape index (κ2) is 3.29. The van der Waals surface area contributed by atoms with Crippen LogP contribution in [0, 0.1) is 0 Å². The van der Waals surface area contributed by atoms with Crippen molar-refractivity contribution in [1.82, 2.24) is 4.57 Å². The van der Waals surface area contributed by atoms with Crippen LogP contribution in [-0.4, -0.2) is 15.8 Å². The highest BCUT2D eigenvalue weighted by molar-refractivity contribution is 9.10. The van der Waals surface area contributed by atoms with E-state index < -0.39 is 6.09 Å². The average Bonchev–Trinajstić information content (AvgIpc) is 2.56. The smallest absolute Gasteiger partial charge is 0.416 e. The predicted molar refractivity (Wildman–Crippen MR) is 58.1 cm³/mol. The fourth-order valence-corrected chi connectivity index (χ4v) is 2.05. The molecule has 1 aromatic heterocycles. The van der Waals surface area contributed by atoms with Gasteiger partial charge in [-0.05, 0) is 18.2 Å². The topological polar surface area (TPSA) is 42.2 Å². The first-order valence-electron chi connectivity index (χ1n) is 3.79. The molecule has 72 valence electrons. The van der Waals surface area contributed by atoms with Gasteiger partial charge in [-0.25, -0.2) is 4.79 Å². The van der Waals surface area contributed by atoms with Gasteiger partial charge in [-0.15, -0.1) is 0 Å². The molecule has 0 unspecified atom stereocenters. The molecule has 1 heterocycles. The van der Waals surface area contributed by atoms with Crippen molar-refractivity contribution in [3.05, 3.63) is 33.9 Å². The Morgan fingerprint density at radius 1 is 1.43 bits per heavy atom. The van der Waals surface area contributed by atoms with E-state index in [4.69, 9.17) is 16.7 Å². The molecule has 0 aliphatic rings. The number of aromatic nitrogens is 1. The maximum atomic E-state index is 10.8. The number of benzene rings is 1. The fraction of sp³-hybridized carbons (Fsp3) is 0. The Labute approximate surface area is 93.0 Å². The molecule has 2 rings (SSSR count). The molecule has 2 aromatic rings. The van der Waals surface area contributed by atoms with Gasteiger partial charge < -0.3 is 5.11 Å². The van der Waals surface area contributed by atoms with Gasteiger partial charge in [-0.2, -0.15) is 0 Å². The average molecular weight is 275 g/mol. The van der Waals surface area contributed by atoms with Gasteiger partial charge in [0.25, 0.3) is 0 Å². The van der Waals surface area contributed by atoms with Crippen LogP contribution in [0.15, 0.2) is 28.9 Å². The van der Waals surface area contributed by atoms with Crippen molar-refractivity contribution < 1.29 is 9.90 Å². The lowest BCUT2D eigenvalue weighted by atomic mass is 10.2. The quantitative estimate of drug-likeness (QED) is 0.798. The monoisotopic (exact) mass is 273 g/mol. The number of hydrogen-bond acceptors (Lipinski definition) is 1. The second-order valence-electron chi connectivity index (χ2n) is 2.76. The summed E-state index contributed by atoms with van der Waals surface area (Å²) in [6.07, 6.45) is 0.434. The number of hydrogen-bond donors (Lipinski definition) is 1. The minimum Gasteiger partial charge on any atom is -0.464 e. The molecule has 0 atom stereocenters. The Morgan fingerprint density at radius 3 is 2.79 bits per heavy atom. The van der Waals surface area contributed by atoms with Crippen molar-refractivity contribution in [2.75, 3.05) is 0 Å². The van der Waals surface area contributed by atoms with Gasteiger partial charge in [0.05, 0.1) is 10.5 Å². The van der Waals surface area contributed by atoms with Gasteiger partial charge in [-0.1, -0.05) is 27.5 Å². The van der Waals surface area contributed by atoms with E-state index in [0.717, 1.165) is 14.4 Å². The van der Waals surface area contributed by atoms with Crippen LogP contribution in [-0.2, 0) is 0 Å². The van der Waals surface area contributed by atoms with Crippen LogP contribution < -0.4 is 0 Å². The molecular weight excluding hydrogens is 269 g/mol. The Hall–Kier alpha value is -1.00. The maximum Gasteiger partial charge on any atom is 0.416 e. The Balaban J connectivity index is 2.90. The summed E-state index contributed by atoms with van der Waals surface area (Å²) in [7, 11) is 0. The highest BCUT2D eigenvalue weighted by Crippen LogP contribution is 2.30. The van der Waals surface area contributed by atoms with Crippen molar-refractivity contribution in [2.45, 2.75) is 0 Å². The molecule has 0 saturated heterocycles. The summed E-state index contributed by atoms with van der Waals surface area (Å²) in [5, 5.41) is 10.1. The lowest BCUT2D eigenvalue weighted by Gasteiger charge is -2.01. The molecule has 0 aliphatic heterocycles. The molecule has 0 saturated carbocycles. The van der Waals surface area contributed by atoms with E-state index in [1.54, 1.807) is 18.2 Å². The number of fused-ring (bicyclic) bond motifs is 1. The molecule has 0 aliphatic carbocycles. The molecule has 0 radical (unpaired) electrons.